The number of amides is 1. The van der Waals surface area contributed by atoms with Crippen LogP contribution >= 0.6 is 11.3 Å². The predicted octanol–water partition coefficient (Wildman–Crippen LogP) is 3.71. The van der Waals surface area contributed by atoms with Crippen LogP contribution in [0.5, 0.6) is 0 Å². The number of aliphatic hydroxyl groups excluding tert-OH is 1. The van der Waals surface area contributed by atoms with Crippen LogP contribution in [0.3, 0.4) is 0 Å². The number of unbranched alkanes of at least 4 members (excludes halogenated alkanes) is 1. The van der Waals surface area contributed by atoms with Crippen molar-refractivity contribution < 1.29 is 23.8 Å². The van der Waals surface area contributed by atoms with Gasteiger partial charge in [0.25, 0.3) is 5.91 Å². The second kappa shape index (κ2) is 10.4. The Morgan fingerprint density at radius 2 is 2.11 bits per heavy atom. The third kappa shape index (κ3) is 5.89. The Labute approximate surface area is 167 Å². The lowest BCUT2D eigenvalue weighted by atomic mass is 9.99. The number of benzene rings is 1. The number of allylic oxidation sites excluding steroid dienone is 1. The molecule has 28 heavy (non-hydrogen) atoms. The average Bonchev–Trinajstić information content (AvgIpc) is 3.25. The second-order valence-corrected chi connectivity index (χ2v) is 7.53. The summed E-state index contributed by atoms with van der Waals surface area (Å²) in [6, 6.07) is 10.0. The van der Waals surface area contributed by atoms with Gasteiger partial charge in [-0.15, -0.1) is 11.3 Å². The van der Waals surface area contributed by atoms with E-state index in [0.29, 0.717) is 19.4 Å². The highest BCUT2D eigenvalue weighted by atomic mass is 32.1. The van der Waals surface area contributed by atoms with Gasteiger partial charge in [0.05, 0.1) is 6.61 Å². The van der Waals surface area contributed by atoms with Gasteiger partial charge in [-0.2, -0.15) is 0 Å². The Morgan fingerprint density at radius 3 is 2.82 bits per heavy atom. The monoisotopic (exact) mass is 405 g/mol. The van der Waals surface area contributed by atoms with E-state index >= 15 is 0 Å². The Balaban J connectivity index is 1.63. The van der Waals surface area contributed by atoms with E-state index in [9.17, 15) is 9.18 Å². The fourth-order valence-electron chi connectivity index (χ4n) is 2.92. The number of thiophene rings is 1. The molecule has 0 aliphatic carbocycles. The summed E-state index contributed by atoms with van der Waals surface area (Å²) in [5.74, 6) is -0.356. The highest BCUT2D eigenvalue weighted by molar-refractivity contribution is 7.10. The molecule has 2 atom stereocenters. The van der Waals surface area contributed by atoms with Crippen molar-refractivity contribution in [2.75, 3.05) is 13.2 Å². The van der Waals surface area contributed by atoms with Crippen LogP contribution in [-0.4, -0.2) is 30.5 Å². The number of carbonyl (C=O) groups excluding carboxylic acids is 1. The molecule has 0 radical (unpaired) electrons. The molecule has 2 N–H and O–H groups in total. The summed E-state index contributed by atoms with van der Waals surface area (Å²) < 4.78 is 24.6. The van der Waals surface area contributed by atoms with E-state index in [1.807, 2.05) is 23.6 Å². The zero-order chi connectivity index (χ0) is 19.8. The van der Waals surface area contributed by atoms with Crippen molar-refractivity contribution in [1.29, 1.82) is 0 Å². The molecule has 1 aliphatic heterocycles. The molecular formula is C21H24FNO4S. The van der Waals surface area contributed by atoms with Gasteiger partial charge in [-0.1, -0.05) is 18.2 Å². The molecule has 2 aromatic rings. The van der Waals surface area contributed by atoms with Crippen LogP contribution in [0.2, 0.25) is 0 Å². The molecule has 1 aromatic heterocycles. The van der Waals surface area contributed by atoms with Crippen LogP contribution in [0, 0.1) is 5.82 Å². The third-order valence-corrected chi connectivity index (χ3v) is 5.42. The summed E-state index contributed by atoms with van der Waals surface area (Å²) in [5, 5.41) is 13.7. The van der Waals surface area contributed by atoms with Gasteiger partial charge in [0.15, 0.2) is 5.76 Å². The van der Waals surface area contributed by atoms with Gasteiger partial charge >= 0.3 is 0 Å². The summed E-state index contributed by atoms with van der Waals surface area (Å²) >= 11 is 1.63. The molecule has 0 saturated heterocycles. The Morgan fingerprint density at radius 1 is 1.29 bits per heavy atom. The number of ether oxygens (including phenoxy) is 2. The summed E-state index contributed by atoms with van der Waals surface area (Å²) in [4.78, 5) is 13.8. The van der Waals surface area contributed by atoms with E-state index in [-0.39, 0.29) is 36.6 Å². The van der Waals surface area contributed by atoms with E-state index < -0.39 is 6.29 Å². The quantitative estimate of drug-likeness (QED) is 0.624. The molecule has 1 aliphatic rings. The van der Waals surface area contributed by atoms with E-state index in [0.717, 1.165) is 16.9 Å². The Bertz CT molecular complexity index is 776. The molecule has 2 heterocycles. The van der Waals surface area contributed by atoms with Crippen molar-refractivity contribution >= 4 is 17.2 Å². The van der Waals surface area contributed by atoms with Gasteiger partial charge in [0, 0.05) is 30.4 Å². The van der Waals surface area contributed by atoms with Crippen LogP contribution in [0.1, 0.15) is 35.6 Å². The molecule has 0 fully saturated rings. The average molecular weight is 405 g/mol. The van der Waals surface area contributed by atoms with Crippen LogP contribution in [-0.2, 0) is 20.8 Å². The minimum Gasteiger partial charge on any atom is -0.459 e. The first-order valence-corrected chi connectivity index (χ1v) is 10.2. The van der Waals surface area contributed by atoms with Gasteiger partial charge in [-0.05, 0) is 48.1 Å². The SMILES string of the molecule is O=C(NCc1ccc(F)cc1)C1=C[C@H](c2cccs2)C[C@H](OCCCCO)O1. The van der Waals surface area contributed by atoms with E-state index in [2.05, 4.69) is 5.32 Å². The van der Waals surface area contributed by atoms with Gasteiger partial charge in [-0.3, -0.25) is 4.79 Å². The summed E-state index contributed by atoms with van der Waals surface area (Å²) in [7, 11) is 0. The minimum absolute atomic E-state index is 0.0446. The molecule has 1 amide bonds. The lowest BCUT2D eigenvalue weighted by Crippen LogP contribution is -2.32. The summed E-state index contributed by atoms with van der Waals surface area (Å²) in [6.07, 6.45) is 3.35. The van der Waals surface area contributed by atoms with Crippen molar-refractivity contribution in [3.8, 4) is 0 Å². The normalized spacial score (nSPS) is 19.0. The van der Waals surface area contributed by atoms with Gasteiger partial charge in [-0.25, -0.2) is 4.39 Å². The Hall–Kier alpha value is -2.22. The van der Waals surface area contributed by atoms with Gasteiger partial charge < -0.3 is 19.9 Å². The number of halogens is 1. The van der Waals surface area contributed by atoms with E-state index in [4.69, 9.17) is 14.6 Å². The van der Waals surface area contributed by atoms with Crippen LogP contribution < -0.4 is 5.32 Å². The van der Waals surface area contributed by atoms with Crippen molar-refractivity contribution in [3.05, 3.63) is 69.9 Å². The molecule has 5 nitrogen and oxygen atoms in total. The maximum Gasteiger partial charge on any atom is 0.286 e. The van der Waals surface area contributed by atoms with Gasteiger partial charge in [0.1, 0.15) is 5.82 Å². The lowest BCUT2D eigenvalue weighted by molar-refractivity contribution is -0.146. The number of aliphatic hydroxyl groups is 1. The number of carbonyl (C=O) groups is 1. The van der Waals surface area contributed by atoms with Gasteiger partial charge in [0.2, 0.25) is 6.29 Å². The smallest absolute Gasteiger partial charge is 0.286 e. The molecule has 0 bridgehead atoms. The third-order valence-electron chi connectivity index (χ3n) is 4.41. The van der Waals surface area contributed by atoms with E-state index in [1.165, 1.54) is 12.1 Å². The zero-order valence-corrected chi connectivity index (χ0v) is 16.3. The standard InChI is InChI=1S/C21H24FNO4S/c22-17-7-5-15(6-8-17)14-23-21(25)18-12-16(19-4-3-11-28-19)13-20(27-18)26-10-2-1-9-24/h3-8,11-12,16,20,24H,1-2,9-10,13-14H2,(H,23,25)/t16-,20+/m0/s1. The minimum atomic E-state index is -0.512. The second-order valence-electron chi connectivity index (χ2n) is 6.55. The maximum atomic E-state index is 13.0. The number of hydrogen-bond acceptors (Lipinski definition) is 5. The summed E-state index contributed by atoms with van der Waals surface area (Å²) in [5.41, 5.74) is 0.803. The van der Waals surface area contributed by atoms with Crippen molar-refractivity contribution in [3.63, 3.8) is 0 Å². The molecule has 0 unspecified atom stereocenters. The van der Waals surface area contributed by atoms with Crippen molar-refractivity contribution in [2.24, 2.45) is 0 Å². The molecule has 7 heteroatoms. The maximum absolute atomic E-state index is 13.0. The first-order chi connectivity index (χ1) is 13.7. The number of nitrogens with one attached hydrogen (secondary N) is 1. The molecule has 0 spiro atoms. The first kappa shape index (κ1) is 20.5. The first-order valence-electron chi connectivity index (χ1n) is 9.32. The van der Waals surface area contributed by atoms with Crippen LogP contribution in [0.25, 0.3) is 0 Å². The van der Waals surface area contributed by atoms with Crippen molar-refractivity contribution in [1.82, 2.24) is 5.32 Å². The summed E-state index contributed by atoms with van der Waals surface area (Å²) in [6.45, 7) is 0.877. The predicted molar refractivity (Wildman–Crippen MR) is 105 cm³/mol. The molecule has 0 saturated carbocycles. The molecule has 1 aromatic carbocycles. The largest absolute Gasteiger partial charge is 0.459 e. The fourth-order valence-corrected chi connectivity index (χ4v) is 3.73. The molecular weight excluding hydrogens is 381 g/mol. The highest BCUT2D eigenvalue weighted by Crippen LogP contribution is 2.33. The Kier molecular flexibility index (Phi) is 7.59. The number of hydrogen-bond donors (Lipinski definition) is 2. The fraction of sp³-hybridized carbons (Fsp3) is 0.381. The highest BCUT2D eigenvalue weighted by Gasteiger charge is 2.29. The topological polar surface area (TPSA) is 67.8 Å². The molecule has 3 rings (SSSR count). The van der Waals surface area contributed by atoms with Crippen LogP contribution in [0.4, 0.5) is 4.39 Å². The van der Waals surface area contributed by atoms with E-state index in [1.54, 1.807) is 23.5 Å². The zero-order valence-electron chi connectivity index (χ0n) is 15.5. The van der Waals surface area contributed by atoms with Crippen molar-refractivity contribution in [2.45, 2.75) is 38.0 Å². The number of rotatable bonds is 9. The van der Waals surface area contributed by atoms with Crippen LogP contribution in [0.15, 0.2) is 53.6 Å². The lowest BCUT2D eigenvalue weighted by Gasteiger charge is -2.28. The molecule has 150 valence electrons.